The van der Waals surface area contributed by atoms with Gasteiger partial charge in [-0.2, -0.15) is 0 Å². The summed E-state index contributed by atoms with van der Waals surface area (Å²) < 4.78 is 0. The van der Waals surface area contributed by atoms with Crippen molar-refractivity contribution < 1.29 is 10.2 Å². The van der Waals surface area contributed by atoms with Gasteiger partial charge < -0.3 is 15.9 Å². The molecule has 1 heterocycles. The van der Waals surface area contributed by atoms with Crippen molar-refractivity contribution >= 4 is 0 Å². The summed E-state index contributed by atoms with van der Waals surface area (Å²) in [7, 11) is 0. The van der Waals surface area contributed by atoms with Crippen molar-refractivity contribution in [3.63, 3.8) is 0 Å². The van der Waals surface area contributed by atoms with Crippen LogP contribution in [-0.4, -0.2) is 34.2 Å². The van der Waals surface area contributed by atoms with E-state index < -0.39 is 0 Å². The van der Waals surface area contributed by atoms with Crippen molar-refractivity contribution in [3.05, 3.63) is 23.8 Å². The third-order valence-corrected chi connectivity index (χ3v) is 3.75. The molecule has 0 aliphatic carbocycles. The molecule has 4 heteroatoms. The first-order valence-corrected chi connectivity index (χ1v) is 6.55. The summed E-state index contributed by atoms with van der Waals surface area (Å²) in [5, 5.41) is 19.1. The van der Waals surface area contributed by atoms with Gasteiger partial charge in [0, 0.05) is 30.8 Å². The highest BCUT2D eigenvalue weighted by Gasteiger charge is 2.23. The van der Waals surface area contributed by atoms with E-state index in [-0.39, 0.29) is 17.5 Å². The van der Waals surface area contributed by atoms with Crippen molar-refractivity contribution in [2.24, 2.45) is 11.7 Å². The Morgan fingerprint density at radius 2 is 2.22 bits per heavy atom. The molecule has 0 radical (unpaired) electrons. The van der Waals surface area contributed by atoms with Crippen LogP contribution in [0.4, 0.5) is 0 Å². The molecule has 2 atom stereocenters. The smallest absolute Gasteiger partial charge is 0.123 e. The van der Waals surface area contributed by atoms with Crippen LogP contribution >= 0.6 is 0 Å². The zero-order valence-electron chi connectivity index (χ0n) is 10.8. The SMILES string of the molecule is CC(N)C1CCCN(Cc2ccc(O)cc2O)C1. The van der Waals surface area contributed by atoms with Gasteiger partial charge in [-0.25, -0.2) is 0 Å². The molecule has 18 heavy (non-hydrogen) atoms. The Morgan fingerprint density at radius 3 is 2.89 bits per heavy atom. The fourth-order valence-electron chi connectivity index (χ4n) is 2.59. The Bertz CT molecular complexity index is 407. The molecule has 4 nitrogen and oxygen atoms in total. The van der Waals surface area contributed by atoms with Crippen LogP contribution in [0.15, 0.2) is 18.2 Å². The molecule has 2 rings (SSSR count). The topological polar surface area (TPSA) is 69.7 Å². The van der Waals surface area contributed by atoms with Crippen LogP contribution in [0.5, 0.6) is 11.5 Å². The second-order valence-corrected chi connectivity index (χ2v) is 5.31. The van der Waals surface area contributed by atoms with Crippen molar-refractivity contribution in [2.75, 3.05) is 13.1 Å². The van der Waals surface area contributed by atoms with Crippen molar-refractivity contribution in [2.45, 2.75) is 32.4 Å². The van der Waals surface area contributed by atoms with Gasteiger partial charge in [-0.1, -0.05) is 6.07 Å². The number of rotatable bonds is 3. The van der Waals surface area contributed by atoms with Crippen LogP contribution in [0.25, 0.3) is 0 Å². The molecule has 1 aromatic carbocycles. The van der Waals surface area contributed by atoms with Crippen LogP contribution in [0, 0.1) is 5.92 Å². The van der Waals surface area contributed by atoms with Gasteiger partial charge in [-0.15, -0.1) is 0 Å². The first-order chi connectivity index (χ1) is 8.56. The van der Waals surface area contributed by atoms with Gasteiger partial charge in [0.25, 0.3) is 0 Å². The van der Waals surface area contributed by atoms with E-state index in [0.29, 0.717) is 5.92 Å². The van der Waals surface area contributed by atoms with Crippen LogP contribution in [0.1, 0.15) is 25.3 Å². The van der Waals surface area contributed by atoms with Gasteiger partial charge >= 0.3 is 0 Å². The van der Waals surface area contributed by atoms with E-state index in [9.17, 15) is 10.2 Å². The zero-order valence-corrected chi connectivity index (χ0v) is 10.8. The molecule has 1 saturated heterocycles. The molecule has 0 amide bonds. The summed E-state index contributed by atoms with van der Waals surface area (Å²) in [6.07, 6.45) is 2.35. The number of phenols is 2. The fraction of sp³-hybridized carbons (Fsp3) is 0.571. The predicted molar refractivity (Wildman–Crippen MR) is 71.4 cm³/mol. The van der Waals surface area contributed by atoms with Crippen LogP contribution < -0.4 is 5.73 Å². The number of piperidine rings is 1. The number of nitrogens with zero attached hydrogens (tertiary/aromatic N) is 1. The molecule has 0 aromatic heterocycles. The maximum absolute atomic E-state index is 9.79. The van der Waals surface area contributed by atoms with Crippen molar-refractivity contribution in [1.82, 2.24) is 4.90 Å². The molecule has 1 aromatic rings. The number of hydrogen-bond acceptors (Lipinski definition) is 4. The Kier molecular flexibility index (Phi) is 4.09. The number of likely N-dealkylation sites (tertiary alicyclic amines) is 1. The van der Waals surface area contributed by atoms with Crippen LogP contribution in [-0.2, 0) is 6.54 Å². The average Bonchev–Trinajstić information content (AvgIpc) is 2.33. The van der Waals surface area contributed by atoms with E-state index in [1.54, 1.807) is 12.1 Å². The third kappa shape index (κ3) is 3.15. The molecule has 0 saturated carbocycles. The lowest BCUT2D eigenvalue weighted by Gasteiger charge is -2.34. The summed E-state index contributed by atoms with van der Waals surface area (Å²) in [6.45, 7) is 4.81. The second-order valence-electron chi connectivity index (χ2n) is 5.31. The molecule has 0 bridgehead atoms. The van der Waals surface area contributed by atoms with E-state index >= 15 is 0 Å². The lowest BCUT2D eigenvalue weighted by atomic mass is 9.92. The molecule has 1 fully saturated rings. The predicted octanol–water partition coefficient (Wildman–Crippen LogP) is 1.66. The van der Waals surface area contributed by atoms with E-state index in [4.69, 9.17) is 5.73 Å². The van der Waals surface area contributed by atoms with Gasteiger partial charge in [0.2, 0.25) is 0 Å². The van der Waals surface area contributed by atoms with E-state index in [1.165, 1.54) is 12.5 Å². The number of hydrogen-bond donors (Lipinski definition) is 3. The Hall–Kier alpha value is -1.26. The number of nitrogens with two attached hydrogens (primary N) is 1. The molecule has 1 aliphatic rings. The van der Waals surface area contributed by atoms with Gasteiger partial charge in [-0.3, -0.25) is 4.90 Å². The van der Waals surface area contributed by atoms with Gasteiger partial charge in [-0.05, 0) is 38.3 Å². The quantitative estimate of drug-likeness (QED) is 0.763. The lowest BCUT2D eigenvalue weighted by Crippen LogP contribution is -2.41. The Labute approximate surface area is 108 Å². The molecule has 1 aliphatic heterocycles. The Balaban J connectivity index is 2.00. The molecule has 100 valence electrons. The molecule has 4 N–H and O–H groups in total. The van der Waals surface area contributed by atoms with Crippen LogP contribution in [0.3, 0.4) is 0 Å². The van der Waals surface area contributed by atoms with Gasteiger partial charge in [0.1, 0.15) is 11.5 Å². The summed E-state index contributed by atoms with van der Waals surface area (Å²) in [5.41, 5.74) is 6.82. The highest BCUT2D eigenvalue weighted by atomic mass is 16.3. The van der Waals surface area contributed by atoms with E-state index in [1.807, 2.05) is 0 Å². The zero-order chi connectivity index (χ0) is 13.1. The highest BCUT2D eigenvalue weighted by molar-refractivity contribution is 5.38. The van der Waals surface area contributed by atoms with E-state index in [2.05, 4.69) is 11.8 Å². The second kappa shape index (κ2) is 5.59. The standard InChI is InChI=1S/C14H22N2O2/c1-10(15)11-3-2-6-16(8-11)9-12-4-5-13(17)7-14(12)18/h4-5,7,10-11,17-18H,2-3,6,8-9,15H2,1H3. The first kappa shape index (κ1) is 13.2. The van der Waals surface area contributed by atoms with Gasteiger partial charge in [0.05, 0.1) is 0 Å². The number of aromatic hydroxyl groups is 2. The van der Waals surface area contributed by atoms with Crippen molar-refractivity contribution in [1.29, 1.82) is 0 Å². The maximum atomic E-state index is 9.79. The third-order valence-electron chi connectivity index (χ3n) is 3.75. The normalized spacial score (nSPS) is 22.9. The largest absolute Gasteiger partial charge is 0.508 e. The van der Waals surface area contributed by atoms with Crippen LogP contribution in [0.2, 0.25) is 0 Å². The molecule has 2 unspecified atom stereocenters. The Morgan fingerprint density at radius 1 is 1.44 bits per heavy atom. The minimum atomic E-state index is 0.100. The first-order valence-electron chi connectivity index (χ1n) is 6.55. The number of benzene rings is 1. The van der Waals surface area contributed by atoms with Crippen molar-refractivity contribution in [3.8, 4) is 11.5 Å². The lowest BCUT2D eigenvalue weighted by molar-refractivity contribution is 0.153. The average molecular weight is 250 g/mol. The maximum Gasteiger partial charge on any atom is 0.123 e. The minimum absolute atomic E-state index is 0.100. The molecular weight excluding hydrogens is 228 g/mol. The fourth-order valence-corrected chi connectivity index (χ4v) is 2.59. The molecular formula is C14H22N2O2. The summed E-state index contributed by atoms with van der Waals surface area (Å²) in [4.78, 5) is 2.32. The highest BCUT2D eigenvalue weighted by Crippen LogP contribution is 2.26. The summed E-state index contributed by atoms with van der Waals surface area (Å²) >= 11 is 0. The van der Waals surface area contributed by atoms with E-state index in [0.717, 1.165) is 31.6 Å². The monoisotopic (exact) mass is 250 g/mol. The summed E-state index contributed by atoms with van der Waals surface area (Å²) in [6, 6.07) is 5.01. The van der Waals surface area contributed by atoms with Gasteiger partial charge in [0.15, 0.2) is 0 Å². The minimum Gasteiger partial charge on any atom is -0.508 e. The molecule has 0 spiro atoms. The summed E-state index contributed by atoms with van der Waals surface area (Å²) in [5.74, 6) is 0.805. The number of phenolic OH excluding ortho intramolecular Hbond substituents is 2.